The average Bonchev–Trinajstić information content (AvgIpc) is 2.51. The molecule has 0 aliphatic heterocycles. The Morgan fingerprint density at radius 3 is 2.46 bits per heavy atom. The third kappa shape index (κ3) is 6.79. The maximum Gasteiger partial charge on any atom is 0.234 e. The minimum Gasteiger partial charge on any atom is -0.492 e. The molecule has 2 aromatic carbocycles. The van der Waals surface area contributed by atoms with Crippen LogP contribution >= 0.6 is 23.2 Å². The summed E-state index contributed by atoms with van der Waals surface area (Å²) in [6.45, 7) is 1.78. The number of rotatable bonds is 8. The zero-order valence-electron chi connectivity index (χ0n) is 13.5. The summed E-state index contributed by atoms with van der Waals surface area (Å²) >= 11 is 12.0. The maximum absolute atomic E-state index is 11.9. The molecule has 0 atom stereocenters. The van der Waals surface area contributed by atoms with Crippen LogP contribution in [0, 0.1) is 0 Å². The molecule has 0 bridgehead atoms. The van der Waals surface area contributed by atoms with Crippen LogP contribution in [0.3, 0.4) is 0 Å². The third-order valence-corrected chi connectivity index (χ3v) is 3.66. The third-order valence-electron chi connectivity index (χ3n) is 3.22. The molecule has 0 aliphatic rings. The van der Waals surface area contributed by atoms with Gasteiger partial charge in [-0.1, -0.05) is 41.4 Å². The second kappa shape index (κ2) is 9.52. The Balaban J connectivity index is 1.67. The maximum atomic E-state index is 11.9. The lowest BCUT2D eigenvalue weighted by Gasteiger charge is -2.17. The topological polar surface area (TPSA) is 41.6 Å². The van der Waals surface area contributed by atoms with E-state index in [-0.39, 0.29) is 12.5 Å². The number of carbonyl (C=O) groups is 1. The molecule has 2 aromatic rings. The number of ether oxygens (including phenoxy) is 1. The molecule has 128 valence electrons. The van der Waals surface area contributed by atoms with Gasteiger partial charge in [-0.05, 0) is 42.9 Å². The van der Waals surface area contributed by atoms with Crippen LogP contribution < -0.4 is 10.1 Å². The first kappa shape index (κ1) is 18.6. The number of hydrogen-bond donors (Lipinski definition) is 1. The van der Waals surface area contributed by atoms with Crippen LogP contribution in [0.4, 0.5) is 0 Å². The van der Waals surface area contributed by atoms with E-state index in [1.165, 1.54) is 0 Å². The number of hydrogen-bond acceptors (Lipinski definition) is 3. The number of para-hydroxylation sites is 1. The van der Waals surface area contributed by atoms with Crippen molar-refractivity contribution in [2.45, 2.75) is 6.54 Å². The smallest absolute Gasteiger partial charge is 0.234 e. The number of carbonyl (C=O) groups excluding carboxylic acids is 1. The van der Waals surface area contributed by atoms with Crippen molar-refractivity contribution in [1.82, 2.24) is 10.2 Å². The quantitative estimate of drug-likeness (QED) is 0.725. The Labute approximate surface area is 152 Å². The fourth-order valence-corrected chi connectivity index (χ4v) is 2.82. The Kier molecular flexibility index (Phi) is 7.37. The molecule has 0 aromatic heterocycles. The second-order valence-electron chi connectivity index (χ2n) is 5.46. The summed E-state index contributed by atoms with van der Waals surface area (Å²) in [5, 5.41) is 4.02. The SMILES string of the molecule is CN(CC(=O)NCCOc1ccccc1)Cc1cc(Cl)cc(Cl)c1. The summed E-state index contributed by atoms with van der Waals surface area (Å²) in [4.78, 5) is 13.8. The van der Waals surface area contributed by atoms with Gasteiger partial charge in [-0.15, -0.1) is 0 Å². The Bertz CT molecular complexity index is 645. The van der Waals surface area contributed by atoms with Crippen molar-refractivity contribution in [1.29, 1.82) is 0 Å². The van der Waals surface area contributed by atoms with Gasteiger partial charge in [0.25, 0.3) is 0 Å². The minimum atomic E-state index is -0.0534. The van der Waals surface area contributed by atoms with Gasteiger partial charge >= 0.3 is 0 Å². The highest BCUT2D eigenvalue weighted by atomic mass is 35.5. The molecule has 6 heteroatoms. The highest BCUT2D eigenvalue weighted by molar-refractivity contribution is 6.34. The normalized spacial score (nSPS) is 10.7. The Morgan fingerprint density at radius 2 is 1.79 bits per heavy atom. The molecule has 0 saturated carbocycles. The molecule has 0 aliphatic carbocycles. The fourth-order valence-electron chi connectivity index (χ4n) is 2.25. The molecule has 1 amide bonds. The minimum absolute atomic E-state index is 0.0534. The molecule has 24 heavy (non-hydrogen) atoms. The second-order valence-corrected chi connectivity index (χ2v) is 6.33. The lowest BCUT2D eigenvalue weighted by molar-refractivity contribution is -0.122. The zero-order valence-corrected chi connectivity index (χ0v) is 15.0. The van der Waals surface area contributed by atoms with Gasteiger partial charge in [0, 0.05) is 16.6 Å². The van der Waals surface area contributed by atoms with E-state index in [2.05, 4.69) is 5.32 Å². The van der Waals surface area contributed by atoms with E-state index in [9.17, 15) is 4.79 Å². The molecule has 0 fully saturated rings. The van der Waals surface area contributed by atoms with Crippen LogP contribution in [0.1, 0.15) is 5.56 Å². The van der Waals surface area contributed by atoms with Crippen molar-refractivity contribution in [3.05, 3.63) is 64.1 Å². The molecule has 2 rings (SSSR count). The summed E-state index contributed by atoms with van der Waals surface area (Å²) < 4.78 is 5.53. The summed E-state index contributed by atoms with van der Waals surface area (Å²) in [5.41, 5.74) is 0.968. The number of benzene rings is 2. The van der Waals surface area contributed by atoms with Crippen molar-refractivity contribution >= 4 is 29.1 Å². The van der Waals surface area contributed by atoms with Gasteiger partial charge < -0.3 is 10.1 Å². The van der Waals surface area contributed by atoms with Gasteiger partial charge in [0.05, 0.1) is 13.1 Å². The lowest BCUT2D eigenvalue weighted by atomic mass is 10.2. The average molecular weight is 367 g/mol. The van der Waals surface area contributed by atoms with Gasteiger partial charge in [-0.25, -0.2) is 0 Å². The standard InChI is InChI=1S/C18H20Cl2N2O2/c1-22(12-14-9-15(19)11-16(20)10-14)13-18(23)21-7-8-24-17-5-3-2-4-6-17/h2-6,9-11H,7-8,12-13H2,1H3,(H,21,23). The highest BCUT2D eigenvalue weighted by Crippen LogP contribution is 2.19. The van der Waals surface area contributed by atoms with E-state index in [0.29, 0.717) is 29.7 Å². The molecule has 0 heterocycles. The molecule has 0 unspecified atom stereocenters. The monoisotopic (exact) mass is 366 g/mol. The molecule has 0 saturated heterocycles. The molecular weight excluding hydrogens is 347 g/mol. The van der Waals surface area contributed by atoms with E-state index in [0.717, 1.165) is 11.3 Å². The largest absolute Gasteiger partial charge is 0.492 e. The Morgan fingerprint density at radius 1 is 1.12 bits per heavy atom. The molecule has 4 nitrogen and oxygen atoms in total. The predicted octanol–water partition coefficient (Wildman–Crippen LogP) is 3.62. The molecule has 0 spiro atoms. The first-order valence-corrected chi connectivity index (χ1v) is 8.36. The van der Waals surface area contributed by atoms with Crippen molar-refractivity contribution < 1.29 is 9.53 Å². The van der Waals surface area contributed by atoms with E-state index in [1.54, 1.807) is 6.07 Å². The number of halogens is 2. The van der Waals surface area contributed by atoms with Gasteiger partial charge in [-0.2, -0.15) is 0 Å². The number of amides is 1. The molecule has 0 radical (unpaired) electrons. The molecule has 1 N–H and O–H groups in total. The van der Waals surface area contributed by atoms with Crippen LogP contribution in [0.2, 0.25) is 10.0 Å². The van der Waals surface area contributed by atoms with Crippen LogP contribution in [-0.2, 0) is 11.3 Å². The summed E-state index contributed by atoms with van der Waals surface area (Å²) in [5.74, 6) is 0.740. The van der Waals surface area contributed by atoms with Gasteiger partial charge in [0.2, 0.25) is 5.91 Å². The van der Waals surface area contributed by atoms with Crippen molar-refractivity contribution in [3.63, 3.8) is 0 Å². The number of nitrogens with zero attached hydrogens (tertiary/aromatic N) is 1. The van der Waals surface area contributed by atoms with Gasteiger partial charge in [0.15, 0.2) is 0 Å². The van der Waals surface area contributed by atoms with Crippen molar-refractivity contribution in [2.75, 3.05) is 26.7 Å². The van der Waals surface area contributed by atoms with Crippen molar-refractivity contribution in [3.8, 4) is 5.75 Å². The van der Waals surface area contributed by atoms with Crippen LogP contribution in [0.25, 0.3) is 0 Å². The predicted molar refractivity (Wildman–Crippen MR) is 97.7 cm³/mol. The highest BCUT2D eigenvalue weighted by Gasteiger charge is 2.08. The van der Waals surface area contributed by atoms with Crippen LogP contribution in [0.5, 0.6) is 5.75 Å². The Hall–Kier alpha value is -1.75. The van der Waals surface area contributed by atoms with Gasteiger partial charge in [0.1, 0.15) is 12.4 Å². The number of likely N-dealkylation sites (N-methyl/N-ethyl adjacent to an activating group) is 1. The summed E-state index contributed by atoms with van der Waals surface area (Å²) in [6.07, 6.45) is 0. The first-order valence-electron chi connectivity index (χ1n) is 7.61. The van der Waals surface area contributed by atoms with E-state index < -0.39 is 0 Å². The van der Waals surface area contributed by atoms with Crippen LogP contribution in [0.15, 0.2) is 48.5 Å². The van der Waals surface area contributed by atoms with E-state index in [1.807, 2.05) is 54.4 Å². The van der Waals surface area contributed by atoms with Crippen LogP contribution in [-0.4, -0.2) is 37.6 Å². The van der Waals surface area contributed by atoms with Crippen molar-refractivity contribution in [2.24, 2.45) is 0 Å². The first-order chi connectivity index (χ1) is 11.5. The summed E-state index contributed by atoms with van der Waals surface area (Å²) in [7, 11) is 1.87. The number of nitrogens with one attached hydrogen (secondary N) is 1. The lowest BCUT2D eigenvalue weighted by Crippen LogP contribution is -2.36. The molecular formula is C18H20Cl2N2O2. The zero-order chi connectivity index (χ0) is 17.4. The summed E-state index contributed by atoms with van der Waals surface area (Å²) in [6, 6.07) is 14.9. The van der Waals surface area contributed by atoms with E-state index in [4.69, 9.17) is 27.9 Å². The van der Waals surface area contributed by atoms with E-state index >= 15 is 0 Å². The van der Waals surface area contributed by atoms with Gasteiger partial charge in [-0.3, -0.25) is 9.69 Å². The fraction of sp³-hybridized carbons (Fsp3) is 0.278.